The van der Waals surface area contributed by atoms with Gasteiger partial charge in [-0.3, -0.25) is 0 Å². The van der Waals surface area contributed by atoms with Gasteiger partial charge in [0.25, 0.3) is 0 Å². The maximum absolute atomic E-state index is 6.05. The third-order valence-electron chi connectivity index (χ3n) is 4.18. The maximum Gasteiger partial charge on any atom is 0.161 e. The highest BCUT2D eigenvalue weighted by Gasteiger charge is 2.22. The normalized spacial score (nSPS) is 16.3. The monoisotopic (exact) mass is 283 g/mol. The molecule has 2 aromatic rings. The predicted molar refractivity (Wildman–Crippen MR) is 84.1 cm³/mol. The molecule has 0 saturated heterocycles. The summed E-state index contributed by atoms with van der Waals surface area (Å²) in [6.07, 6.45) is 0. The quantitative estimate of drug-likeness (QED) is 0.936. The summed E-state index contributed by atoms with van der Waals surface area (Å²) in [5.41, 5.74) is 8.56. The molecule has 1 heterocycles. The van der Waals surface area contributed by atoms with Crippen LogP contribution in [0.5, 0.6) is 11.5 Å². The number of nitrogens with two attached hydrogens (primary N) is 1. The minimum Gasteiger partial charge on any atom is -0.486 e. The lowest BCUT2D eigenvalue weighted by Gasteiger charge is -2.25. The van der Waals surface area contributed by atoms with Crippen molar-refractivity contribution in [1.29, 1.82) is 0 Å². The van der Waals surface area contributed by atoms with Crippen LogP contribution in [-0.2, 0) is 0 Å². The molecular formula is C18H21NO2. The number of hydrogen-bond acceptors (Lipinski definition) is 3. The van der Waals surface area contributed by atoms with Crippen molar-refractivity contribution >= 4 is 0 Å². The van der Waals surface area contributed by atoms with Crippen LogP contribution in [-0.4, -0.2) is 19.8 Å². The van der Waals surface area contributed by atoms with Crippen LogP contribution in [0, 0.1) is 0 Å². The first-order valence-electron chi connectivity index (χ1n) is 7.44. The van der Waals surface area contributed by atoms with Crippen molar-refractivity contribution in [3.05, 3.63) is 59.7 Å². The summed E-state index contributed by atoms with van der Waals surface area (Å²) >= 11 is 0. The lowest BCUT2D eigenvalue weighted by Crippen LogP contribution is -2.20. The Bertz CT molecular complexity index is 597. The van der Waals surface area contributed by atoms with E-state index < -0.39 is 0 Å². The molecule has 0 aliphatic carbocycles. The largest absolute Gasteiger partial charge is 0.486 e. The second-order valence-electron chi connectivity index (χ2n) is 5.44. The van der Waals surface area contributed by atoms with Crippen molar-refractivity contribution in [2.45, 2.75) is 18.8 Å². The van der Waals surface area contributed by atoms with Gasteiger partial charge >= 0.3 is 0 Å². The van der Waals surface area contributed by atoms with Gasteiger partial charge in [-0.1, -0.05) is 43.3 Å². The highest BCUT2D eigenvalue weighted by Crippen LogP contribution is 2.37. The lowest BCUT2D eigenvalue weighted by molar-refractivity contribution is 0.171. The van der Waals surface area contributed by atoms with E-state index in [0.717, 1.165) is 11.5 Å². The Morgan fingerprint density at radius 2 is 1.67 bits per heavy atom. The maximum atomic E-state index is 6.05. The van der Waals surface area contributed by atoms with Crippen LogP contribution in [0.1, 0.15) is 29.9 Å². The van der Waals surface area contributed by atoms with E-state index in [1.54, 1.807) is 0 Å². The highest BCUT2D eigenvalue weighted by atomic mass is 16.6. The van der Waals surface area contributed by atoms with E-state index >= 15 is 0 Å². The zero-order valence-electron chi connectivity index (χ0n) is 12.3. The van der Waals surface area contributed by atoms with E-state index in [1.807, 2.05) is 12.1 Å². The third-order valence-corrected chi connectivity index (χ3v) is 4.18. The number of rotatable bonds is 4. The SMILES string of the molecule is CC(c1ccccc1)C(CN)c1ccc2c(c1)OCCO2. The first kappa shape index (κ1) is 14.0. The van der Waals surface area contributed by atoms with Crippen LogP contribution in [0.2, 0.25) is 0 Å². The fraction of sp³-hybridized carbons (Fsp3) is 0.333. The molecule has 3 nitrogen and oxygen atoms in total. The molecule has 110 valence electrons. The molecule has 1 aliphatic rings. The number of hydrogen-bond donors (Lipinski definition) is 1. The van der Waals surface area contributed by atoms with Crippen molar-refractivity contribution < 1.29 is 9.47 Å². The average Bonchev–Trinajstić information content (AvgIpc) is 2.56. The molecule has 0 saturated carbocycles. The summed E-state index contributed by atoms with van der Waals surface area (Å²) in [6.45, 7) is 4.06. The average molecular weight is 283 g/mol. The molecule has 0 spiro atoms. The van der Waals surface area contributed by atoms with E-state index in [9.17, 15) is 0 Å². The van der Waals surface area contributed by atoms with Crippen molar-refractivity contribution in [3.63, 3.8) is 0 Å². The van der Waals surface area contributed by atoms with Gasteiger partial charge in [-0.25, -0.2) is 0 Å². The zero-order valence-corrected chi connectivity index (χ0v) is 12.3. The fourth-order valence-electron chi connectivity index (χ4n) is 2.91. The number of benzene rings is 2. The van der Waals surface area contributed by atoms with Gasteiger partial charge in [0.2, 0.25) is 0 Å². The van der Waals surface area contributed by atoms with Crippen molar-refractivity contribution in [2.24, 2.45) is 5.73 Å². The van der Waals surface area contributed by atoms with Gasteiger partial charge in [0.15, 0.2) is 11.5 Å². The molecule has 0 aromatic heterocycles. The Balaban J connectivity index is 1.89. The molecule has 3 rings (SSSR count). The molecule has 1 aliphatic heterocycles. The second-order valence-corrected chi connectivity index (χ2v) is 5.44. The van der Waals surface area contributed by atoms with E-state index in [-0.39, 0.29) is 5.92 Å². The fourth-order valence-corrected chi connectivity index (χ4v) is 2.91. The molecule has 0 radical (unpaired) electrons. The topological polar surface area (TPSA) is 44.5 Å². The van der Waals surface area contributed by atoms with Gasteiger partial charge in [0.1, 0.15) is 13.2 Å². The number of fused-ring (bicyclic) bond motifs is 1. The van der Waals surface area contributed by atoms with Crippen LogP contribution >= 0.6 is 0 Å². The smallest absolute Gasteiger partial charge is 0.161 e. The second kappa shape index (κ2) is 6.19. The van der Waals surface area contributed by atoms with Gasteiger partial charge < -0.3 is 15.2 Å². The van der Waals surface area contributed by atoms with E-state index in [2.05, 4.69) is 43.3 Å². The molecule has 2 aromatic carbocycles. The van der Waals surface area contributed by atoms with Gasteiger partial charge in [-0.2, -0.15) is 0 Å². The Morgan fingerprint density at radius 3 is 2.38 bits per heavy atom. The predicted octanol–water partition coefficient (Wildman–Crippen LogP) is 3.30. The Labute approximate surface area is 125 Å². The van der Waals surface area contributed by atoms with Crippen LogP contribution in [0.25, 0.3) is 0 Å². The third kappa shape index (κ3) is 2.88. The van der Waals surface area contributed by atoms with Gasteiger partial charge in [0, 0.05) is 5.92 Å². The molecule has 0 amide bonds. The standard InChI is InChI=1S/C18H21NO2/c1-13(14-5-3-2-4-6-14)16(12-19)15-7-8-17-18(11-15)21-10-9-20-17/h2-8,11,13,16H,9-10,12,19H2,1H3. The molecular weight excluding hydrogens is 262 g/mol. The van der Waals surface area contributed by atoms with Crippen molar-refractivity contribution in [1.82, 2.24) is 0 Å². The van der Waals surface area contributed by atoms with E-state index in [0.29, 0.717) is 25.7 Å². The van der Waals surface area contributed by atoms with Crippen LogP contribution in [0.15, 0.2) is 48.5 Å². The summed E-state index contributed by atoms with van der Waals surface area (Å²) in [6, 6.07) is 16.7. The minimum atomic E-state index is 0.267. The van der Waals surface area contributed by atoms with Gasteiger partial charge in [0.05, 0.1) is 0 Å². The Hall–Kier alpha value is -2.00. The summed E-state index contributed by atoms with van der Waals surface area (Å²) < 4.78 is 11.3. The molecule has 21 heavy (non-hydrogen) atoms. The van der Waals surface area contributed by atoms with Gasteiger partial charge in [-0.05, 0) is 35.7 Å². The van der Waals surface area contributed by atoms with E-state index in [1.165, 1.54) is 11.1 Å². The molecule has 2 N–H and O–H groups in total. The van der Waals surface area contributed by atoms with Crippen LogP contribution in [0.3, 0.4) is 0 Å². The zero-order chi connectivity index (χ0) is 14.7. The number of ether oxygens (including phenoxy) is 2. The molecule has 2 unspecified atom stereocenters. The lowest BCUT2D eigenvalue weighted by atomic mass is 9.82. The van der Waals surface area contributed by atoms with E-state index in [4.69, 9.17) is 15.2 Å². The van der Waals surface area contributed by atoms with Crippen LogP contribution in [0.4, 0.5) is 0 Å². The summed E-state index contributed by atoms with van der Waals surface area (Å²) in [5.74, 6) is 2.28. The molecule has 0 fully saturated rings. The first-order chi connectivity index (χ1) is 10.3. The summed E-state index contributed by atoms with van der Waals surface area (Å²) in [7, 11) is 0. The first-order valence-corrected chi connectivity index (χ1v) is 7.44. The van der Waals surface area contributed by atoms with Crippen LogP contribution < -0.4 is 15.2 Å². The van der Waals surface area contributed by atoms with Crippen molar-refractivity contribution in [3.8, 4) is 11.5 Å². The highest BCUT2D eigenvalue weighted by molar-refractivity contribution is 5.45. The summed E-state index contributed by atoms with van der Waals surface area (Å²) in [4.78, 5) is 0. The van der Waals surface area contributed by atoms with Gasteiger partial charge in [-0.15, -0.1) is 0 Å². The summed E-state index contributed by atoms with van der Waals surface area (Å²) in [5, 5.41) is 0. The molecule has 2 atom stereocenters. The Morgan fingerprint density at radius 1 is 0.952 bits per heavy atom. The minimum absolute atomic E-state index is 0.267. The molecule has 3 heteroatoms. The van der Waals surface area contributed by atoms with Crippen molar-refractivity contribution in [2.75, 3.05) is 19.8 Å². The molecule has 0 bridgehead atoms. The Kier molecular flexibility index (Phi) is 4.11.